The average Bonchev–Trinajstić information content (AvgIpc) is 2.70. The number of halogens is 1. The van der Waals surface area contributed by atoms with Gasteiger partial charge in [0.05, 0.1) is 15.9 Å². The second-order valence-electron chi connectivity index (χ2n) is 6.23. The van der Waals surface area contributed by atoms with Crippen LogP contribution in [0.5, 0.6) is 0 Å². The fourth-order valence-corrected chi connectivity index (χ4v) is 4.36. The standard InChI is InChI=1S/C17H30BrN3/c1-4-14-17(18)16(21(5-2)20-14)12-15(19-3)13-10-8-6-7-9-11-13/h13,15,19H,4-12H2,1-3H3. The van der Waals surface area contributed by atoms with Gasteiger partial charge in [0.15, 0.2) is 0 Å². The lowest BCUT2D eigenvalue weighted by atomic mass is 9.89. The molecule has 1 unspecified atom stereocenters. The zero-order chi connectivity index (χ0) is 15.2. The molecule has 1 heterocycles. The van der Waals surface area contributed by atoms with Crippen molar-refractivity contribution in [2.24, 2.45) is 5.92 Å². The van der Waals surface area contributed by atoms with Crippen molar-refractivity contribution in [3.8, 4) is 0 Å². The van der Waals surface area contributed by atoms with Gasteiger partial charge in [-0.25, -0.2) is 0 Å². The van der Waals surface area contributed by atoms with Gasteiger partial charge in [-0.1, -0.05) is 32.6 Å². The van der Waals surface area contributed by atoms with Crippen molar-refractivity contribution in [3.63, 3.8) is 0 Å². The van der Waals surface area contributed by atoms with E-state index in [1.165, 1.54) is 54.4 Å². The number of nitrogens with zero attached hydrogens (tertiary/aromatic N) is 2. The monoisotopic (exact) mass is 355 g/mol. The number of likely N-dealkylation sites (N-methyl/N-ethyl adjacent to an activating group) is 1. The van der Waals surface area contributed by atoms with Crippen LogP contribution in [0.1, 0.15) is 63.8 Å². The summed E-state index contributed by atoms with van der Waals surface area (Å²) in [7, 11) is 2.12. The van der Waals surface area contributed by atoms with Gasteiger partial charge < -0.3 is 5.32 Å². The Balaban J connectivity index is 2.15. The fourth-order valence-electron chi connectivity index (χ4n) is 3.64. The minimum absolute atomic E-state index is 0.575. The third-order valence-electron chi connectivity index (χ3n) is 4.95. The van der Waals surface area contributed by atoms with Gasteiger partial charge in [0.25, 0.3) is 0 Å². The van der Waals surface area contributed by atoms with Crippen molar-refractivity contribution in [1.82, 2.24) is 15.1 Å². The second-order valence-corrected chi connectivity index (χ2v) is 7.02. The minimum atomic E-state index is 0.575. The summed E-state index contributed by atoms with van der Waals surface area (Å²) in [5, 5.41) is 8.33. The highest BCUT2D eigenvalue weighted by molar-refractivity contribution is 9.10. The third kappa shape index (κ3) is 4.10. The van der Waals surface area contributed by atoms with E-state index in [1.54, 1.807) is 0 Å². The maximum Gasteiger partial charge on any atom is 0.0766 e. The molecule has 1 aromatic rings. The zero-order valence-electron chi connectivity index (χ0n) is 13.8. The van der Waals surface area contributed by atoms with E-state index in [2.05, 4.69) is 46.8 Å². The zero-order valence-corrected chi connectivity index (χ0v) is 15.4. The summed E-state index contributed by atoms with van der Waals surface area (Å²) in [5.41, 5.74) is 2.57. The van der Waals surface area contributed by atoms with Crippen LogP contribution in [0.4, 0.5) is 0 Å². The van der Waals surface area contributed by atoms with Crippen LogP contribution in [0, 0.1) is 5.92 Å². The molecule has 4 heteroatoms. The molecule has 3 nitrogen and oxygen atoms in total. The molecule has 1 atom stereocenters. The molecule has 21 heavy (non-hydrogen) atoms. The number of hydrogen-bond donors (Lipinski definition) is 1. The molecule has 0 bridgehead atoms. The summed E-state index contributed by atoms with van der Waals surface area (Å²) in [6, 6.07) is 0.575. The van der Waals surface area contributed by atoms with Crippen LogP contribution in [-0.2, 0) is 19.4 Å². The molecule has 0 spiro atoms. The summed E-state index contributed by atoms with van der Waals surface area (Å²) in [4.78, 5) is 0. The first-order valence-electron chi connectivity index (χ1n) is 8.62. The lowest BCUT2D eigenvalue weighted by molar-refractivity contribution is 0.327. The van der Waals surface area contributed by atoms with Crippen molar-refractivity contribution < 1.29 is 0 Å². The predicted octanol–water partition coefficient (Wildman–Crippen LogP) is 4.33. The normalized spacial score (nSPS) is 18.7. The summed E-state index contributed by atoms with van der Waals surface area (Å²) < 4.78 is 3.42. The molecule has 1 aliphatic carbocycles. The summed E-state index contributed by atoms with van der Waals surface area (Å²) in [6.45, 7) is 5.31. The van der Waals surface area contributed by atoms with Gasteiger partial charge in [-0.2, -0.15) is 5.10 Å². The molecule has 2 rings (SSSR count). The SMILES string of the molecule is CCc1nn(CC)c(CC(NC)C2CCCCCC2)c1Br. The molecule has 1 aromatic heterocycles. The van der Waals surface area contributed by atoms with Crippen molar-refractivity contribution in [2.45, 2.75) is 77.8 Å². The van der Waals surface area contributed by atoms with E-state index < -0.39 is 0 Å². The molecule has 0 aliphatic heterocycles. The molecule has 120 valence electrons. The van der Waals surface area contributed by atoms with Crippen LogP contribution in [0.3, 0.4) is 0 Å². The van der Waals surface area contributed by atoms with E-state index in [0.717, 1.165) is 25.3 Å². The van der Waals surface area contributed by atoms with Crippen molar-refractivity contribution in [1.29, 1.82) is 0 Å². The van der Waals surface area contributed by atoms with E-state index >= 15 is 0 Å². The van der Waals surface area contributed by atoms with Crippen LogP contribution in [-0.4, -0.2) is 22.9 Å². The maximum absolute atomic E-state index is 4.74. The van der Waals surface area contributed by atoms with Crippen molar-refractivity contribution in [2.75, 3.05) is 7.05 Å². The van der Waals surface area contributed by atoms with Gasteiger partial charge in [0.1, 0.15) is 0 Å². The lowest BCUT2D eigenvalue weighted by Crippen LogP contribution is -2.36. The lowest BCUT2D eigenvalue weighted by Gasteiger charge is -2.26. The molecule has 0 amide bonds. The first-order chi connectivity index (χ1) is 10.2. The number of aryl methyl sites for hydroxylation is 2. The van der Waals surface area contributed by atoms with Crippen LogP contribution < -0.4 is 5.32 Å². The Morgan fingerprint density at radius 3 is 2.43 bits per heavy atom. The third-order valence-corrected chi connectivity index (χ3v) is 5.86. The van der Waals surface area contributed by atoms with E-state index in [9.17, 15) is 0 Å². The Hall–Kier alpha value is -0.350. The van der Waals surface area contributed by atoms with Gasteiger partial charge >= 0.3 is 0 Å². The minimum Gasteiger partial charge on any atom is -0.316 e. The maximum atomic E-state index is 4.74. The predicted molar refractivity (Wildman–Crippen MR) is 92.7 cm³/mol. The fraction of sp³-hybridized carbons (Fsp3) is 0.824. The van der Waals surface area contributed by atoms with Crippen LogP contribution >= 0.6 is 15.9 Å². The Labute approximate surface area is 138 Å². The summed E-state index contributed by atoms with van der Waals surface area (Å²) >= 11 is 3.79. The largest absolute Gasteiger partial charge is 0.316 e. The van der Waals surface area contributed by atoms with Crippen LogP contribution in [0.2, 0.25) is 0 Å². The first kappa shape index (κ1) is 17.0. The molecular formula is C17H30BrN3. The molecule has 0 aromatic carbocycles. The number of hydrogen-bond acceptors (Lipinski definition) is 2. The first-order valence-corrected chi connectivity index (χ1v) is 9.41. The molecule has 1 aliphatic rings. The van der Waals surface area contributed by atoms with Gasteiger partial charge in [0, 0.05) is 19.0 Å². The Bertz CT molecular complexity index is 433. The Morgan fingerprint density at radius 2 is 1.90 bits per heavy atom. The summed E-state index contributed by atoms with van der Waals surface area (Å²) in [5.74, 6) is 0.815. The van der Waals surface area contributed by atoms with E-state index in [1.807, 2.05) is 0 Å². The summed E-state index contributed by atoms with van der Waals surface area (Å²) in [6.07, 6.45) is 10.5. The highest BCUT2D eigenvalue weighted by Crippen LogP contribution is 2.30. The highest BCUT2D eigenvalue weighted by atomic mass is 79.9. The van der Waals surface area contributed by atoms with Crippen LogP contribution in [0.25, 0.3) is 0 Å². The smallest absolute Gasteiger partial charge is 0.0766 e. The van der Waals surface area contributed by atoms with Crippen LogP contribution in [0.15, 0.2) is 4.47 Å². The highest BCUT2D eigenvalue weighted by Gasteiger charge is 2.25. The Kier molecular flexibility index (Phi) is 6.74. The average molecular weight is 356 g/mol. The molecule has 1 N–H and O–H groups in total. The van der Waals surface area contributed by atoms with E-state index in [4.69, 9.17) is 5.10 Å². The molecule has 0 saturated heterocycles. The Morgan fingerprint density at radius 1 is 1.24 bits per heavy atom. The number of nitrogens with one attached hydrogen (secondary N) is 1. The van der Waals surface area contributed by atoms with E-state index in [0.29, 0.717) is 6.04 Å². The quantitative estimate of drug-likeness (QED) is 0.769. The van der Waals surface area contributed by atoms with E-state index in [-0.39, 0.29) is 0 Å². The molecule has 1 fully saturated rings. The molecule has 1 saturated carbocycles. The van der Waals surface area contributed by atoms with Crippen molar-refractivity contribution >= 4 is 15.9 Å². The van der Waals surface area contributed by atoms with Crippen molar-refractivity contribution in [3.05, 3.63) is 15.9 Å². The van der Waals surface area contributed by atoms with Gasteiger partial charge in [-0.3, -0.25) is 4.68 Å². The number of rotatable bonds is 6. The number of aromatic nitrogens is 2. The van der Waals surface area contributed by atoms with Gasteiger partial charge in [-0.15, -0.1) is 0 Å². The van der Waals surface area contributed by atoms with Gasteiger partial charge in [0.2, 0.25) is 0 Å². The molecule has 0 radical (unpaired) electrons. The second kappa shape index (κ2) is 8.33. The van der Waals surface area contributed by atoms with Gasteiger partial charge in [-0.05, 0) is 55.1 Å². The topological polar surface area (TPSA) is 29.9 Å². The molecular weight excluding hydrogens is 326 g/mol.